The van der Waals surface area contributed by atoms with E-state index in [-0.39, 0.29) is 12.4 Å². The Kier molecular flexibility index (Phi) is 6.60. The van der Waals surface area contributed by atoms with E-state index >= 15 is 0 Å². The van der Waals surface area contributed by atoms with Crippen molar-refractivity contribution in [2.75, 3.05) is 37.1 Å². The molecule has 1 fully saturated rings. The van der Waals surface area contributed by atoms with E-state index < -0.39 is 0 Å². The zero-order chi connectivity index (χ0) is 18.6. The Bertz CT molecular complexity index is 902. The predicted octanol–water partition coefficient (Wildman–Crippen LogP) is 4.59. The molecule has 4 rings (SSSR count). The molecule has 0 radical (unpaired) electrons. The van der Waals surface area contributed by atoms with Gasteiger partial charge in [0.05, 0.1) is 12.6 Å². The van der Waals surface area contributed by atoms with E-state index in [0.717, 1.165) is 43.1 Å². The molecule has 2 aromatic carbocycles. The molecule has 1 aliphatic heterocycles. The van der Waals surface area contributed by atoms with Crippen LogP contribution in [0.4, 0.5) is 11.5 Å². The topological polar surface area (TPSA) is 40.6 Å². The summed E-state index contributed by atoms with van der Waals surface area (Å²) in [4.78, 5) is 7.20. The summed E-state index contributed by atoms with van der Waals surface area (Å²) in [5, 5.41) is 3.50. The number of hydrazine groups is 1. The number of methoxy groups -OCH3 is 1. The molecule has 0 aliphatic carbocycles. The molecule has 1 saturated heterocycles. The number of hydrogen-bond donors (Lipinski definition) is 1. The van der Waals surface area contributed by atoms with E-state index in [9.17, 15) is 0 Å². The maximum Gasteiger partial charge on any atom is 0.141 e. The van der Waals surface area contributed by atoms with Crippen LogP contribution in [0.1, 0.15) is 13.3 Å². The molecule has 1 aliphatic rings. The predicted molar refractivity (Wildman–Crippen MR) is 119 cm³/mol. The van der Waals surface area contributed by atoms with Crippen molar-refractivity contribution in [2.45, 2.75) is 19.4 Å². The van der Waals surface area contributed by atoms with Gasteiger partial charge < -0.3 is 15.1 Å². The number of rotatable bonds is 5. The number of ether oxygens (including phenoxy) is 1. The lowest BCUT2D eigenvalue weighted by Gasteiger charge is -2.42. The second-order valence-electron chi connectivity index (χ2n) is 6.90. The number of anilines is 2. The van der Waals surface area contributed by atoms with E-state index in [2.05, 4.69) is 58.7 Å². The van der Waals surface area contributed by atoms with E-state index in [1.807, 2.05) is 24.3 Å². The normalized spacial score (nSPS) is 17.2. The Hall–Kier alpha value is -2.50. The third-order valence-electron chi connectivity index (χ3n) is 5.25. The van der Waals surface area contributed by atoms with Crippen LogP contribution < -0.4 is 15.1 Å². The molecule has 148 valence electrons. The van der Waals surface area contributed by atoms with Crippen molar-refractivity contribution in [3.8, 4) is 5.75 Å². The van der Waals surface area contributed by atoms with Crippen LogP contribution in [0.5, 0.6) is 5.75 Å². The Morgan fingerprint density at radius 1 is 1.04 bits per heavy atom. The summed E-state index contributed by atoms with van der Waals surface area (Å²) in [7, 11) is 1.70. The van der Waals surface area contributed by atoms with Crippen molar-refractivity contribution in [2.24, 2.45) is 0 Å². The van der Waals surface area contributed by atoms with Gasteiger partial charge in [0.2, 0.25) is 0 Å². The molecule has 1 unspecified atom stereocenters. The van der Waals surface area contributed by atoms with Crippen molar-refractivity contribution >= 4 is 34.8 Å². The first-order chi connectivity index (χ1) is 13.3. The molecule has 0 spiro atoms. The minimum atomic E-state index is 0. The van der Waals surface area contributed by atoms with Crippen LogP contribution in [-0.4, -0.2) is 42.8 Å². The smallest absolute Gasteiger partial charge is 0.141 e. The highest BCUT2D eigenvalue weighted by atomic mass is 35.5. The number of nitrogens with one attached hydrogen (secondary N) is 1. The standard InChI is InChI=1S/C22H26N4O.ClH/c1-3-18-16-25(19-9-11-20(27-2)12-10-19)14-15-26(18)24-22-13-8-17-6-4-5-7-21(17)23-22;/h4-13,18H,3,14-16H2,1-2H3,(H,23,24);1H. The molecule has 1 N–H and O–H groups in total. The van der Waals surface area contributed by atoms with Crippen LogP contribution in [0.25, 0.3) is 10.9 Å². The van der Waals surface area contributed by atoms with Gasteiger partial charge in [-0.15, -0.1) is 12.4 Å². The number of aromatic nitrogens is 1. The summed E-state index contributed by atoms with van der Waals surface area (Å²) in [6.45, 7) is 5.15. The van der Waals surface area contributed by atoms with Crippen LogP contribution in [0, 0.1) is 0 Å². The molecule has 1 aromatic heterocycles. The molecule has 5 nitrogen and oxygen atoms in total. The quantitative estimate of drug-likeness (QED) is 0.680. The number of halogens is 1. The molecule has 0 bridgehead atoms. The number of nitrogens with zero attached hydrogens (tertiary/aromatic N) is 3. The lowest BCUT2D eigenvalue weighted by Crippen LogP contribution is -2.55. The minimum absolute atomic E-state index is 0. The average molecular weight is 399 g/mol. The van der Waals surface area contributed by atoms with E-state index in [1.54, 1.807) is 7.11 Å². The molecule has 1 atom stereocenters. The van der Waals surface area contributed by atoms with Gasteiger partial charge in [-0.3, -0.25) is 0 Å². The fourth-order valence-corrected chi connectivity index (χ4v) is 3.65. The SMILES string of the molecule is CCC1CN(c2ccc(OC)cc2)CCN1Nc1ccc2ccccc2n1.Cl. The molecule has 2 heterocycles. The summed E-state index contributed by atoms with van der Waals surface area (Å²) in [6.07, 6.45) is 1.08. The third-order valence-corrected chi connectivity index (χ3v) is 5.25. The van der Waals surface area contributed by atoms with Gasteiger partial charge in [0.15, 0.2) is 0 Å². The van der Waals surface area contributed by atoms with E-state index in [0.29, 0.717) is 6.04 Å². The first kappa shape index (κ1) is 20.2. The van der Waals surface area contributed by atoms with Crippen LogP contribution >= 0.6 is 12.4 Å². The van der Waals surface area contributed by atoms with Gasteiger partial charge in [-0.05, 0) is 48.9 Å². The number of para-hydroxylation sites is 1. The molecule has 0 saturated carbocycles. The Morgan fingerprint density at radius 2 is 1.82 bits per heavy atom. The second-order valence-corrected chi connectivity index (χ2v) is 6.90. The van der Waals surface area contributed by atoms with Gasteiger partial charge in [0, 0.05) is 36.7 Å². The molecule has 3 aromatic rings. The van der Waals surface area contributed by atoms with Crippen LogP contribution in [0.3, 0.4) is 0 Å². The third kappa shape index (κ3) is 4.32. The van der Waals surface area contributed by atoms with Crippen molar-refractivity contribution in [1.82, 2.24) is 9.99 Å². The Labute approximate surface area is 172 Å². The summed E-state index contributed by atoms with van der Waals surface area (Å²) < 4.78 is 5.27. The number of piperazine rings is 1. The van der Waals surface area contributed by atoms with Crippen LogP contribution in [-0.2, 0) is 0 Å². The zero-order valence-electron chi connectivity index (χ0n) is 16.3. The fraction of sp³-hybridized carbons (Fsp3) is 0.318. The number of hydrogen-bond acceptors (Lipinski definition) is 5. The Morgan fingerprint density at radius 3 is 2.57 bits per heavy atom. The number of pyridine rings is 1. The highest BCUT2D eigenvalue weighted by molar-refractivity contribution is 5.85. The van der Waals surface area contributed by atoms with Crippen molar-refractivity contribution in [3.63, 3.8) is 0 Å². The summed E-state index contributed by atoms with van der Waals surface area (Å²) >= 11 is 0. The van der Waals surface area contributed by atoms with Gasteiger partial charge in [-0.2, -0.15) is 0 Å². The Balaban J connectivity index is 0.00000225. The van der Waals surface area contributed by atoms with Gasteiger partial charge >= 0.3 is 0 Å². The van der Waals surface area contributed by atoms with Crippen LogP contribution in [0.15, 0.2) is 60.7 Å². The molecular formula is C22H27ClN4O. The largest absolute Gasteiger partial charge is 0.497 e. The maximum absolute atomic E-state index is 5.27. The monoisotopic (exact) mass is 398 g/mol. The van der Waals surface area contributed by atoms with Gasteiger partial charge in [0.25, 0.3) is 0 Å². The van der Waals surface area contributed by atoms with Crippen molar-refractivity contribution < 1.29 is 4.74 Å². The zero-order valence-corrected chi connectivity index (χ0v) is 17.2. The first-order valence-corrected chi connectivity index (χ1v) is 9.55. The lowest BCUT2D eigenvalue weighted by molar-refractivity contribution is 0.209. The van der Waals surface area contributed by atoms with Crippen LogP contribution in [0.2, 0.25) is 0 Å². The minimum Gasteiger partial charge on any atom is -0.497 e. The summed E-state index contributed by atoms with van der Waals surface area (Å²) in [5.41, 5.74) is 5.81. The highest BCUT2D eigenvalue weighted by Crippen LogP contribution is 2.24. The fourth-order valence-electron chi connectivity index (χ4n) is 3.65. The molecule has 0 amide bonds. The van der Waals surface area contributed by atoms with Gasteiger partial charge in [-0.1, -0.05) is 25.1 Å². The van der Waals surface area contributed by atoms with E-state index in [1.165, 1.54) is 11.1 Å². The molecule has 28 heavy (non-hydrogen) atoms. The lowest BCUT2D eigenvalue weighted by atomic mass is 10.1. The molecule has 6 heteroatoms. The van der Waals surface area contributed by atoms with Gasteiger partial charge in [0.1, 0.15) is 11.6 Å². The van der Waals surface area contributed by atoms with E-state index in [4.69, 9.17) is 9.72 Å². The number of fused-ring (bicyclic) bond motifs is 1. The van der Waals surface area contributed by atoms with Crippen molar-refractivity contribution in [1.29, 1.82) is 0 Å². The average Bonchev–Trinajstić information content (AvgIpc) is 2.74. The van der Waals surface area contributed by atoms with Gasteiger partial charge in [-0.25, -0.2) is 9.99 Å². The summed E-state index contributed by atoms with van der Waals surface area (Å²) in [6, 6.07) is 21.2. The number of benzene rings is 2. The highest BCUT2D eigenvalue weighted by Gasteiger charge is 2.26. The second kappa shape index (κ2) is 9.13. The first-order valence-electron chi connectivity index (χ1n) is 9.55. The summed E-state index contributed by atoms with van der Waals surface area (Å²) in [5.74, 6) is 1.80. The molecular weight excluding hydrogens is 372 g/mol. The maximum atomic E-state index is 5.27. The van der Waals surface area contributed by atoms with Crippen molar-refractivity contribution in [3.05, 3.63) is 60.7 Å².